The lowest BCUT2D eigenvalue weighted by atomic mass is 10.1. The van der Waals surface area contributed by atoms with E-state index in [4.69, 9.17) is 12.2 Å². The molecule has 0 unspecified atom stereocenters. The number of nitrogens with one attached hydrogen (secondary N) is 1. The molecule has 0 aliphatic carbocycles. The molecule has 27 heavy (non-hydrogen) atoms. The molecular weight excluding hydrogens is 370 g/mol. The normalized spacial score (nSPS) is 11.5. The van der Waals surface area contributed by atoms with Gasteiger partial charge in [0.2, 0.25) is 0 Å². The number of imidazole rings is 1. The van der Waals surface area contributed by atoms with Crippen LogP contribution in [0.25, 0.3) is 11.0 Å². The highest BCUT2D eigenvalue weighted by molar-refractivity contribution is 7.71. The van der Waals surface area contributed by atoms with E-state index < -0.39 is 6.55 Å². The van der Waals surface area contributed by atoms with Crippen molar-refractivity contribution in [2.75, 3.05) is 14.1 Å². The van der Waals surface area contributed by atoms with Gasteiger partial charge in [-0.1, -0.05) is 24.3 Å². The van der Waals surface area contributed by atoms with Crippen molar-refractivity contribution in [3.63, 3.8) is 0 Å². The van der Waals surface area contributed by atoms with Crippen LogP contribution in [-0.2, 0) is 13.2 Å². The zero-order valence-corrected chi connectivity index (χ0v) is 15.8. The molecule has 0 radical (unpaired) electrons. The van der Waals surface area contributed by atoms with Crippen molar-refractivity contribution in [2.24, 2.45) is 0 Å². The van der Waals surface area contributed by atoms with Crippen LogP contribution in [0.1, 0.15) is 22.5 Å². The smallest absolute Gasteiger partial charge is 0.321 e. The maximum atomic E-state index is 13.4. The fourth-order valence-electron chi connectivity index (χ4n) is 3.07. The molecule has 0 atom stereocenters. The van der Waals surface area contributed by atoms with Gasteiger partial charge in [0, 0.05) is 19.2 Å². The fourth-order valence-corrected chi connectivity index (χ4v) is 3.40. The Hall–Kier alpha value is -2.58. The maximum Gasteiger partial charge on any atom is 0.321 e. The van der Waals surface area contributed by atoms with Gasteiger partial charge in [-0.3, -0.25) is 14.3 Å². The summed E-state index contributed by atoms with van der Waals surface area (Å²) in [5, 5.41) is 2.58. The van der Waals surface area contributed by atoms with Gasteiger partial charge in [0.05, 0.1) is 17.7 Å². The molecule has 2 aromatic carbocycles. The number of alkyl halides is 2. The number of amides is 1. The summed E-state index contributed by atoms with van der Waals surface area (Å²) in [6.45, 7) is -1.73. The first kappa shape index (κ1) is 19.2. The van der Waals surface area contributed by atoms with Crippen molar-refractivity contribution >= 4 is 29.2 Å². The molecule has 3 rings (SSSR count). The van der Waals surface area contributed by atoms with Crippen LogP contribution in [0.4, 0.5) is 8.78 Å². The Morgan fingerprint density at radius 2 is 1.78 bits per heavy atom. The van der Waals surface area contributed by atoms with Crippen LogP contribution in [0, 0.1) is 4.77 Å². The Morgan fingerprint density at radius 1 is 1.15 bits per heavy atom. The average Bonchev–Trinajstić information content (AvgIpc) is 2.93. The van der Waals surface area contributed by atoms with Crippen LogP contribution in [0.15, 0.2) is 48.5 Å². The number of benzene rings is 2. The Morgan fingerprint density at radius 3 is 2.37 bits per heavy atom. The van der Waals surface area contributed by atoms with Gasteiger partial charge in [-0.15, -0.1) is 0 Å². The van der Waals surface area contributed by atoms with Gasteiger partial charge in [-0.2, -0.15) is 8.78 Å². The molecule has 0 spiro atoms. The van der Waals surface area contributed by atoms with Crippen LogP contribution >= 0.6 is 12.2 Å². The van der Waals surface area contributed by atoms with Crippen molar-refractivity contribution in [1.82, 2.24) is 19.4 Å². The standard InChI is InChI=1S/C19H20F2N4OS/c1-22-17(26)14-9-7-13(8-10-14)11-23(2)12-24-15-5-3-4-6-16(15)25(18(20)21)19(24)27/h3-10,18H,11-12H2,1-2H3,(H,22,26). The Kier molecular flexibility index (Phi) is 5.67. The Labute approximate surface area is 160 Å². The highest BCUT2D eigenvalue weighted by Gasteiger charge is 2.17. The molecule has 3 aromatic rings. The van der Waals surface area contributed by atoms with Crippen LogP contribution in [0.5, 0.6) is 0 Å². The Bertz CT molecular complexity index is 1010. The van der Waals surface area contributed by atoms with Crippen LogP contribution in [0.2, 0.25) is 0 Å². The number of halogens is 2. The van der Waals surface area contributed by atoms with Gasteiger partial charge in [0.15, 0.2) is 4.77 Å². The highest BCUT2D eigenvalue weighted by atomic mass is 32.1. The summed E-state index contributed by atoms with van der Waals surface area (Å²) < 4.78 is 29.5. The summed E-state index contributed by atoms with van der Waals surface area (Å²) in [6.07, 6.45) is 0. The lowest BCUT2D eigenvalue weighted by Crippen LogP contribution is -2.22. The summed E-state index contributed by atoms with van der Waals surface area (Å²) in [5.41, 5.74) is 2.69. The van der Waals surface area contributed by atoms with Crippen LogP contribution < -0.4 is 5.32 Å². The van der Waals surface area contributed by atoms with Gasteiger partial charge in [0.25, 0.3) is 5.91 Å². The zero-order chi connectivity index (χ0) is 19.6. The van der Waals surface area contributed by atoms with Gasteiger partial charge >= 0.3 is 6.55 Å². The second kappa shape index (κ2) is 7.98. The molecule has 142 valence electrons. The van der Waals surface area contributed by atoms with Crippen LogP contribution in [-0.4, -0.2) is 34.0 Å². The number of aromatic nitrogens is 2. The lowest BCUT2D eigenvalue weighted by Gasteiger charge is -2.18. The number of para-hydroxylation sites is 2. The zero-order valence-electron chi connectivity index (χ0n) is 15.0. The van der Waals surface area contributed by atoms with E-state index >= 15 is 0 Å². The van der Waals surface area contributed by atoms with Crippen molar-refractivity contribution in [3.8, 4) is 0 Å². The molecular formula is C19H20F2N4OS. The molecule has 0 bridgehead atoms. The van der Waals surface area contributed by atoms with E-state index in [9.17, 15) is 13.6 Å². The molecule has 0 aliphatic heterocycles. The van der Waals surface area contributed by atoms with Crippen molar-refractivity contribution < 1.29 is 13.6 Å². The van der Waals surface area contributed by atoms with E-state index in [1.807, 2.05) is 24.1 Å². The lowest BCUT2D eigenvalue weighted by molar-refractivity contribution is 0.0717. The third-order valence-electron chi connectivity index (χ3n) is 4.34. The van der Waals surface area contributed by atoms with E-state index in [0.717, 1.165) is 10.1 Å². The summed E-state index contributed by atoms with van der Waals surface area (Å²) in [5.74, 6) is -0.138. The maximum absolute atomic E-state index is 13.4. The minimum Gasteiger partial charge on any atom is -0.355 e. The van der Waals surface area contributed by atoms with Gasteiger partial charge in [-0.25, -0.2) is 0 Å². The fraction of sp³-hybridized carbons (Fsp3) is 0.263. The number of carbonyl (C=O) groups excluding carboxylic acids is 1. The van der Waals surface area contributed by atoms with Crippen molar-refractivity contribution in [3.05, 3.63) is 64.4 Å². The van der Waals surface area contributed by atoms with E-state index in [-0.39, 0.29) is 10.7 Å². The molecule has 8 heteroatoms. The molecule has 1 aromatic heterocycles. The van der Waals surface area contributed by atoms with Gasteiger partial charge in [-0.05, 0) is 49.1 Å². The van der Waals surface area contributed by atoms with Crippen molar-refractivity contribution in [1.29, 1.82) is 0 Å². The highest BCUT2D eigenvalue weighted by Crippen LogP contribution is 2.24. The molecule has 1 heterocycles. The third-order valence-corrected chi connectivity index (χ3v) is 4.76. The topological polar surface area (TPSA) is 42.2 Å². The predicted octanol–water partition coefficient (Wildman–Crippen LogP) is 4.02. The molecule has 1 amide bonds. The first-order valence-corrected chi connectivity index (χ1v) is 8.80. The predicted molar refractivity (Wildman–Crippen MR) is 103 cm³/mol. The molecule has 0 fully saturated rings. The number of fused-ring (bicyclic) bond motifs is 1. The summed E-state index contributed by atoms with van der Waals surface area (Å²) >= 11 is 5.29. The molecule has 5 nitrogen and oxygen atoms in total. The monoisotopic (exact) mass is 390 g/mol. The minimum atomic E-state index is -2.69. The molecule has 1 N–H and O–H groups in total. The van der Waals surface area contributed by atoms with E-state index in [1.165, 1.54) is 0 Å². The number of carbonyl (C=O) groups is 1. The van der Waals surface area contributed by atoms with E-state index in [0.29, 0.717) is 29.8 Å². The van der Waals surface area contributed by atoms with E-state index in [1.54, 1.807) is 48.0 Å². The largest absolute Gasteiger partial charge is 0.355 e. The minimum absolute atomic E-state index is 0.0908. The molecule has 0 saturated heterocycles. The number of rotatable bonds is 6. The van der Waals surface area contributed by atoms with Gasteiger partial charge in [0.1, 0.15) is 0 Å². The summed E-state index contributed by atoms with van der Waals surface area (Å²) in [6, 6.07) is 14.2. The first-order valence-electron chi connectivity index (χ1n) is 8.40. The first-order chi connectivity index (χ1) is 12.9. The molecule has 0 saturated carbocycles. The average molecular weight is 390 g/mol. The quantitative estimate of drug-likeness (QED) is 0.647. The summed E-state index contributed by atoms with van der Waals surface area (Å²) in [4.78, 5) is 13.6. The molecule has 0 aliphatic rings. The summed E-state index contributed by atoms with van der Waals surface area (Å²) in [7, 11) is 3.48. The third kappa shape index (κ3) is 3.91. The van der Waals surface area contributed by atoms with Crippen LogP contribution in [0.3, 0.4) is 0 Å². The van der Waals surface area contributed by atoms with E-state index in [2.05, 4.69) is 5.32 Å². The second-order valence-corrected chi connectivity index (χ2v) is 6.64. The number of hydrogen-bond donors (Lipinski definition) is 1. The Balaban J connectivity index is 1.82. The number of nitrogens with zero attached hydrogens (tertiary/aromatic N) is 3. The van der Waals surface area contributed by atoms with Crippen molar-refractivity contribution in [2.45, 2.75) is 19.8 Å². The van der Waals surface area contributed by atoms with Gasteiger partial charge < -0.3 is 9.88 Å². The number of hydrogen-bond acceptors (Lipinski definition) is 3. The second-order valence-electron chi connectivity index (χ2n) is 6.28. The SMILES string of the molecule is CNC(=O)c1ccc(CN(C)Cn2c(=S)n(C(F)F)c3ccccc32)cc1.